The van der Waals surface area contributed by atoms with E-state index in [0.717, 1.165) is 22.9 Å². The van der Waals surface area contributed by atoms with Crippen molar-refractivity contribution in [1.82, 2.24) is 20.2 Å². The Morgan fingerprint density at radius 2 is 1.95 bits per heavy atom. The molecular formula is C30H31ClF3N5O2. The van der Waals surface area contributed by atoms with Gasteiger partial charge in [-0.15, -0.1) is 0 Å². The number of alkyl halides is 3. The SMILES string of the molecule is CCOc1ncccc1-c1ccc2c(n1)CN(C(=O)C1CNC1)CC21CCN(c2ccc(Cl)cc2C(F)(F)F)CC1. The minimum atomic E-state index is -4.51. The van der Waals surface area contributed by atoms with Crippen LogP contribution >= 0.6 is 11.6 Å². The predicted molar refractivity (Wildman–Crippen MR) is 150 cm³/mol. The van der Waals surface area contributed by atoms with Gasteiger partial charge in [-0.25, -0.2) is 4.98 Å². The highest BCUT2D eigenvalue weighted by atomic mass is 35.5. The Balaban J connectivity index is 1.34. The standard InChI is InChI=1S/C30H31ClF3N5O2/c1-2-41-27-21(4-3-11-36-27)24-7-6-22-25(37-24)17-39(28(40)19-15-35-16-19)18-29(22)9-12-38(13-10-29)26-8-5-20(31)14-23(26)30(32,33)34/h3-8,11,14,19,35H,2,9-10,12-13,15-18H2,1H3. The van der Waals surface area contributed by atoms with Gasteiger partial charge in [0.2, 0.25) is 11.8 Å². The molecule has 3 aromatic rings. The second-order valence-corrected chi connectivity index (χ2v) is 11.4. The number of nitrogens with zero attached hydrogens (tertiary/aromatic N) is 4. The van der Waals surface area contributed by atoms with Crippen LogP contribution < -0.4 is 15.0 Å². The van der Waals surface area contributed by atoms with Gasteiger partial charge in [-0.2, -0.15) is 13.2 Å². The summed E-state index contributed by atoms with van der Waals surface area (Å²) in [5.74, 6) is 0.526. The van der Waals surface area contributed by atoms with Gasteiger partial charge in [0.05, 0.1) is 41.6 Å². The quantitative estimate of drug-likeness (QED) is 0.437. The zero-order chi connectivity index (χ0) is 28.8. The molecule has 7 nitrogen and oxygen atoms in total. The Kier molecular flexibility index (Phi) is 7.32. The average Bonchev–Trinajstić information content (AvgIpc) is 2.92. The van der Waals surface area contributed by atoms with Crippen molar-refractivity contribution in [1.29, 1.82) is 0 Å². The maximum atomic E-state index is 13.9. The summed E-state index contributed by atoms with van der Waals surface area (Å²) in [6, 6.07) is 11.7. The monoisotopic (exact) mass is 585 g/mol. The van der Waals surface area contributed by atoms with Crippen LogP contribution in [0.3, 0.4) is 0 Å². The molecular weight excluding hydrogens is 555 g/mol. The molecule has 1 amide bonds. The van der Waals surface area contributed by atoms with E-state index in [0.29, 0.717) is 70.3 Å². The molecule has 0 unspecified atom stereocenters. The van der Waals surface area contributed by atoms with E-state index in [1.54, 1.807) is 11.1 Å². The van der Waals surface area contributed by atoms with Crippen LogP contribution in [0.15, 0.2) is 48.7 Å². The lowest BCUT2D eigenvalue weighted by molar-refractivity contribution is -0.140. The van der Waals surface area contributed by atoms with Crippen LogP contribution in [-0.4, -0.2) is 60.1 Å². The molecule has 216 valence electrons. The molecule has 0 aliphatic carbocycles. The summed E-state index contributed by atoms with van der Waals surface area (Å²) in [6.07, 6.45) is -1.66. The predicted octanol–water partition coefficient (Wildman–Crippen LogP) is 5.31. The lowest BCUT2D eigenvalue weighted by atomic mass is 9.69. The third-order valence-corrected chi connectivity index (χ3v) is 8.71. The van der Waals surface area contributed by atoms with Crippen molar-refractivity contribution in [2.45, 2.75) is 37.9 Å². The molecule has 3 aliphatic rings. The van der Waals surface area contributed by atoms with Gasteiger partial charge in [-0.3, -0.25) is 9.78 Å². The summed E-state index contributed by atoms with van der Waals surface area (Å²) in [5.41, 5.74) is 2.35. The number of piperidine rings is 1. The van der Waals surface area contributed by atoms with E-state index in [1.807, 2.05) is 30.0 Å². The first-order valence-corrected chi connectivity index (χ1v) is 14.3. The van der Waals surface area contributed by atoms with Crippen molar-refractivity contribution >= 4 is 23.2 Å². The molecule has 11 heteroatoms. The van der Waals surface area contributed by atoms with Crippen molar-refractivity contribution < 1.29 is 22.7 Å². The molecule has 1 N–H and O–H groups in total. The van der Waals surface area contributed by atoms with Crippen molar-refractivity contribution in [2.75, 3.05) is 44.2 Å². The first kappa shape index (κ1) is 27.8. The Bertz CT molecular complexity index is 1450. The van der Waals surface area contributed by atoms with Gasteiger partial charge in [0.25, 0.3) is 0 Å². The summed E-state index contributed by atoms with van der Waals surface area (Å²) in [7, 11) is 0. The highest BCUT2D eigenvalue weighted by Gasteiger charge is 2.46. The van der Waals surface area contributed by atoms with Gasteiger partial charge in [0, 0.05) is 55.0 Å². The van der Waals surface area contributed by atoms with Gasteiger partial charge in [0.1, 0.15) is 0 Å². The number of amides is 1. The minimum absolute atomic E-state index is 0.0541. The summed E-state index contributed by atoms with van der Waals surface area (Å²) in [5, 5.41) is 3.23. The van der Waals surface area contributed by atoms with Crippen molar-refractivity contribution in [2.24, 2.45) is 5.92 Å². The number of hydrogen-bond donors (Lipinski definition) is 1. The number of anilines is 1. The van der Waals surface area contributed by atoms with Crippen LogP contribution in [0.1, 0.15) is 36.6 Å². The second-order valence-electron chi connectivity index (χ2n) is 11.0. The fourth-order valence-electron chi connectivity index (χ4n) is 6.27. The lowest BCUT2D eigenvalue weighted by Gasteiger charge is -2.49. The third-order valence-electron chi connectivity index (χ3n) is 8.48. The molecule has 0 bridgehead atoms. The smallest absolute Gasteiger partial charge is 0.418 e. The van der Waals surface area contributed by atoms with Crippen LogP contribution in [0.2, 0.25) is 5.02 Å². The van der Waals surface area contributed by atoms with E-state index in [2.05, 4.69) is 16.4 Å². The van der Waals surface area contributed by atoms with Crippen molar-refractivity contribution in [3.05, 3.63) is 70.5 Å². The number of halogens is 4. The number of carbonyl (C=O) groups is 1. The van der Waals surface area contributed by atoms with E-state index in [9.17, 15) is 18.0 Å². The van der Waals surface area contributed by atoms with E-state index in [-0.39, 0.29) is 22.5 Å². The Morgan fingerprint density at radius 3 is 2.63 bits per heavy atom. The highest BCUT2D eigenvalue weighted by Crippen LogP contribution is 2.45. The van der Waals surface area contributed by atoms with Crippen LogP contribution in [0, 0.1) is 5.92 Å². The van der Waals surface area contributed by atoms with Gasteiger partial charge >= 0.3 is 6.18 Å². The maximum absolute atomic E-state index is 13.9. The fraction of sp³-hybridized carbons (Fsp3) is 0.433. The molecule has 3 aliphatic heterocycles. The number of carbonyl (C=O) groups excluding carboxylic acids is 1. The number of ether oxygens (including phenoxy) is 1. The summed E-state index contributed by atoms with van der Waals surface area (Å²) >= 11 is 5.93. The normalized spacial score (nSPS) is 18.7. The van der Waals surface area contributed by atoms with Crippen molar-refractivity contribution in [3.8, 4) is 17.1 Å². The Hall–Kier alpha value is -3.37. The second kappa shape index (κ2) is 10.8. The van der Waals surface area contributed by atoms with E-state index >= 15 is 0 Å². The Labute approximate surface area is 241 Å². The molecule has 0 atom stereocenters. The number of benzene rings is 1. The minimum Gasteiger partial charge on any atom is -0.477 e. The number of rotatable bonds is 5. The number of hydrogen-bond acceptors (Lipinski definition) is 6. The molecule has 5 heterocycles. The van der Waals surface area contributed by atoms with Crippen LogP contribution in [-0.2, 0) is 22.9 Å². The van der Waals surface area contributed by atoms with Gasteiger partial charge < -0.3 is 19.9 Å². The molecule has 2 aromatic heterocycles. The number of aromatic nitrogens is 2. The summed E-state index contributed by atoms with van der Waals surface area (Å²) in [4.78, 5) is 26.5. The number of nitrogens with one attached hydrogen (secondary N) is 1. The molecule has 41 heavy (non-hydrogen) atoms. The topological polar surface area (TPSA) is 70.6 Å². The largest absolute Gasteiger partial charge is 0.477 e. The molecule has 0 saturated carbocycles. The van der Waals surface area contributed by atoms with Gasteiger partial charge in [0.15, 0.2) is 0 Å². The molecule has 0 radical (unpaired) electrons. The van der Waals surface area contributed by atoms with Crippen LogP contribution in [0.4, 0.5) is 18.9 Å². The third kappa shape index (κ3) is 5.23. The first-order chi connectivity index (χ1) is 19.7. The van der Waals surface area contributed by atoms with E-state index in [4.69, 9.17) is 21.3 Å². The Morgan fingerprint density at radius 1 is 1.17 bits per heavy atom. The lowest BCUT2D eigenvalue weighted by Crippen LogP contribution is -2.58. The molecule has 1 aromatic carbocycles. The summed E-state index contributed by atoms with van der Waals surface area (Å²) < 4.78 is 47.4. The van der Waals surface area contributed by atoms with Gasteiger partial charge in [-0.05, 0) is 61.7 Å². The maximum Gasteiger partial charge on any atom is 0.418 e. The zero-order valence-corrected chi connectivity index (χ0v) is 23.4. The number of pyridine rings is 2. The molecule has 6 rings (SSSR count). The molecule has 2 saturated heterocycles. The first-order valence-electron chi connectivity index (χ1n) is 13.9. The number of fused-ring (bicyclic) bond motifs is 2. The average molecular weight is 586 g/mol. The van der Waals surface area contributed by atoms with Gasteiger partial charge in [-0.1, -0.05) is 17.7 Å². The van der Waals surface area contributed by atoms with E-state index in [1.165, 1.54) is 12.1 Å². The highest BCUT2D eigenvalue weighted by molar-refractivity contribution is 6.30. The zero-order valence-electron chi connectivity index (χ0n) is 22.7. The van der Waals surface area contributed by atoms with Crippen molar-refractivity contribution in [3.63, 3.8) is 0 Å². The van der Waals surface area contributed by atoms with E-state index < -0.39 is 17.2 Å². The van der Waals surface area contributed by atoms with Crippen LogP contribution in [0.5, 0.6) is 5.88 Å². The van der Waals surface area contributed by atoms with Crippen LogP contribution in [0.25, 0.3) is 11.3 Å². The fourth-order valence-corrected chi connectivity index (χ4v) is 6.44. The molecule has 1 spiro atoms. The summed E-state index contributed by atoms with van der Waals surface area (Å²) in [6.45, 7) is 5.41. The molecule has 2 fully saturated rings.